The van der Waals surface area contributed by atoms with Crippen LogP contribution in [-0.4, -0.2) is 34.3 Å². The summed E-state index contributed by atoms with van der Waals surface area (Å²) < 4.78 is 0. The summed E-state index contributed by atoms with van der Waals surface area (Å²) in [6, 6.07) is 5.62. The van der Waals surface area contributed by atoms with Gasteiger partial charge in [-0.2, -0.15) is 5.10 Å². The Labute approximate surface area is 106 Å². The number of nitrogen functional groups attached to an aromatic ring is 1. The number of phenols is 1. The van der Waals surface area contributed by atoms with Crippen LogP contribution in [0.5, 0.6) is 5.75 Å². The number of phenolic OH excluding ortho intramolecular Hbond substituents is 1. The van der Waals surface area contributed by atoms with E-state index < -0.39 is 0 Å². The average Bonchev–Trinajstić information content (AvgIpc) is 2.69. The summed E-state index contributed by atoms with van der Waals surface area (Å²) >= 11 is 0. The predicted molar refractivity (Wildman–Crippen MR) is 72.2 cm³/mol. The van der Waals surface area contributed by atoms with Crippen LogP contribution in [0.3, 0.4) is 0 Å². The van der Waals surface area contributed by atoms with E-state index in [4.69, 9.17) is 5.73 Å². The van der Waals surface area contributed by atoms with Crippen molar-refractivity contribution in [3.63, 3.8) is 0 Å². The number of aromatic nitrogens is 2. The number of hydrogen-bond donors (Lipinski definition) is 3. The monoisotopic (exact) mass is 246 g/mol. The Morgan fingerprint density at radius 3 is 2.61 bits per heavy atom. The standard InChI is InChI=1S/C13H18N4O/c1-8-4-9(7-17(2)3)13(18)10(5-8)11-6-12(14)16-15-11/h4-6,18H,7H2,1-3H3,(H3,14,15,16). The molecule has 0 aliphatic heterocycles. The van der Waals surface area contributed by atoms with Crippen molar-refractivity contribution >= 4 is 5.82 Å². The van der Waals surface area contributed by atoms with Crippen molar-refractivity contribution in [2.75, 3.05) is 19.8 Å². The molecule has 5 heteroatoms. The van der Waals surface area contributed by atoms with Gasteiger partial charge in [0.15, 0.2) is 0 Å². The summed E-state index contributed by atoms with van der Waals surface area (Å²) in [5, 5.41) is 17.0. The Hall–Kier alpha value is -2.01. The number of H-pyrrole nitrogens is 1. The Bertz CT molecular complexity index is 560. The minimum atomic E-state index is 0.276. The van der Waals surface area contributed by atoms with Gasteiger partial charge in [0, 0.05) is 23.7 Å². The highest BCUT2D eigenvalue weighted by atomic mass is 16.3. The fourth-order valence-corrected chi connectivity index (χ4v) is 2.00. The maximum Gasteiger partial charge on any atom is 0.145 e. The first-order valence-corrected chi connectivity index (χ1v) is 5.76. The van der Waals surface area contributed by atoms with Crippen LogP contribution < -0.4 is 5.73 Å². The van der Waals surface area contributed by atoms with Crippen LogP contribution in [0.1, 0.15) is 11.1 Å². The van der Waals surface area contributed by atoms with E-state index in [1.807, 2.05) is 38.1 Å². The molecule has 1 heterocycles. The van der Waals surface area contributed by atoms with Crippen LogP contribution in [-0.2, 0) is 6.54 Å². The molecule has 5 nitrogen and oxygen atoms in total. The summed E-state index contributed by atoms with van der Waals surface area (Å²) in [5.74, 6) is 0.693. The van der Waals surface area contributed by atoms with Gasteiger partial charge in [0.1, 0.15) is 11.6 Å². The fourth-order valence-electron chi connectivity index (χ4n) is 2.00. The van der Waals surface area contributed by atoms with Crippen LogP contribution in [0.15, 0.2) is 18.2 Å². The first-order chi connectivity index (χ1) is 8.47. The second-order valence-electron chi connectivity index (χ2n) is 4.76. The van der Waals surface area contributed by atoms with E-state index in [1.54, 1.807) is 6.07 Å². The number of hydrogen-bond acceptors (Lipinski definition) is 4. The van der Waals surface area contributed by atoms with E-state index in [9.17, 15) is 5.11 Å². The number of aromatic amines is 1. The zero-order chi connectivity index (χ0) is 13.3. The molecule has 2 rings (SSSR count). The van der Waals surface area contributed by atoms with Gasteiger partial charge in [-0.15, -0.1) is 0 Å². The fraction of sp³-hybridized carbons (Fsp3) is 0.308. The minimum absolute atomic E-state index is 0.276. The van der Waals surface area contributed by atoms with E-state index in [2.05, 4.69) is 10.2 Å². The summed E-state index contributed by atoms with van der Waals surface area (Å²) in [7, 11) is 3.94. The number of anilines is 1. The molecule has 0 atom stereocenters. The first-order valence-electron chi connectivity index (χ1n) is 5.76. The van der Waals surface area contributed by atoms with Gasteiger partial charge in [-0.1, -0.05) is 6.07 Å². The normalized spacial score (nSPS) is 11.1. The van der Waals surface area contributed by atoms with E-state index >= 15 is 0 Å². The lowest BCUT2D eigenvalue weighted by atomic mass is 10.0. The van der Waals surface area contributed by atoms with E-state index in [0.717, 1.165) is 22.4 Å². The van der Waals surface area contributed by atoms with Gasteiger partial charge in [0.25, 0.3) is 0 Å². The topological polar surface area (TPSA) is 78.2 Å². The molecule has 0 aliphatic rings. The SMILES string of the molecule is Cc1cc(CN(C)C)c(O)c(-c2cc(N)n[nH]2)c1. The molecule has 0 saturated carbocycles. The second-order valence-corrected chi connectivity index (χ2v) is 4.76. The molecule has 96 valence electrons. The first kappa shape index (κ1) is 12.4. The third kappa shape index (κ3) is 2.46. The lowest BCUT2D eigenvalue weighted by molar-refractivity contribution is 0.386. The van der Waals surface area contributed by atoms with E-state index in [0.29, 0.717) is 12.4 Å². The molecule has 0 unspecified atom stereocenters. The molecule has 1 aromatic carbocycles. The predicted octanol–water partition coefficient (Wildman–Crippen LogP) is 1.73. The highest BCUT2D eigenvalue weighted by molar-refractivity contribution is 5.71. The zero-order valence-electron chi connectivity index (χ0n) is 10.9. The third-order valence-corrected chi connectivity index (χ3v) is 2.71. The Morgan fingerprint density at radius 1 is 1.33 bits per heavy atom. The number of benzene rings is 1. The van der Waals surface area contributed by atoms with Crippen molar-refractivity contribution in [2.45, 2.75) is 13.5 Å². The van der Waals surface area contributed by atoms with Crippen molar-refractivity contribution < 1.29 is 5.11 Å². The van der Waals surface area contributed by atoms with Crippen molar-refractivity contribution in [3.05, 3.63) is 29.3 Å². The number of rotatable bonds is 3. The van der Waals surface area contributed by atoms with Gasteiger partial charge in [-0.25, -0.2) is 0 Å². The van der Waals surface area contributed by atoms with Crippen molar-refractivity contribution in [2.24, 2.45) is 0 Å². The van der Waals surface area contributed by atoms with Gasteiger partial charge in [0.2, 0.25) is 0 Å². The van der Waals surface area contributed by atoms with E-state index in [1.165, 1.54) is 0 Å². The highest BCUT2D eigenvalue weighted by Crippen LogP contribution is 2.33. The van der Waals surface area contributed by atoms with Gasteiger partial charge in [-0.3, -0.25) is 5.10 Å². The Balaban J connectivity index is 2.51. The summed E-state index contributed by atoms with van der Waals surface area (Å²) in [4.78, 5) is 2.01. The minimum Gasteiger partial charge on any atom is -0.507 e. The molecular formula is C13H18N4O. The molecule has 2 aromatic rings. The van der Waals surface area contributed by atoms with E-state index in [-0.39, 0.29) is 5.75 Å². The molecule has 18 heavy (non-hydrogen) atoms. The molecule has 0 radical (unpaired) electrons. The zero-order valence-corrected chi connectivity index (χ0v) is 10.9. The van der Waals surface area contributed by atoms with Gasteiger partial charge in [-0.05, 0) is 32.6 Å². The van der Waals surface area contributed by atoms with Crippen molar-refractivity contribution in [3.8, 4) is 17.0 Å². The average molecular weight is 246 g/mol. The number of nitrogens with zero attached hydrogens (tertiary/aromatic N) is 2. The lowest BCUT2D eigenvalue weighted by Gasteiger charge is -2.14. The van der Waals surface area contributed by atoms with Crippen molar-refractivity contribution in [1.82, 2.24) is 15.1 Å². The molecule has 0 aliphatic carbocycles. The van der Waals surface area contributed by atoms with Gasteiger partial charge >= 0.3 is 0 Å². The summed E-state index contributed by atoms with van der Waals surface area (Å²) in [6.45, 7) is 2.69. The molecule has 0 spiro atoms. The van der Waals surface area contributed by atoms with Crippen LogP contribution >= 0.6 is 0 Å². The van der Waals surface area contributed by atoms with Crippen LogP contribution in [0, 0.1) is 6.92 Å². The largest absolute Gasteiger partial charge is 0.507 e. The molecule has 0 saturated heterocycles. The molecule has 0 fully saturated rings. The van der Waals surface area contributed by atoms with Gasteiger partial charge < -0.3 is 15.7 Å². The van der Waals surface area contributed by atoms with Crippen LogP contribution in [0.2, 0.25) is 0 Å². The molecule has 0 bridgehead atoms. The Kier molecular flexibility index (Phi) is 3.25. The molecular weight excluding hydrogens is 228 g/mol. The maximum atomic E-state index is 10.3. The Morgan fingerprint density at radius 2 is 2.06 bits per heavy atom. The lowest BCUT2D eigenvalue weighted by Crippen LogP contribution is -2.11. The molecule has 1 aromatic heterocycles. The van der Waals surface area contributed by atoms with Crippen LogP contribution in [0.25, 0.3) is 11.3 Å². The highest BCUT2D eigenvalue weighted by Gasteiger charge is 2.13. The molecule has 4 N–H and O–H groups in total. The van der Waals surface area contributed by atoms with Crippen molar-refractivity contribution in [1.29, 1.82) is 0 Å². The second kappa shape index (κ2) is 4.70. The number of nitrogens with one attached hydrogen (secondary N) is 1. The molecule has 0 amide bonds. The number of nitrogens with two attached hydrogens (primary N) is 1. The van der Waals surface area contributed by atoms with Gasteiger partial charge in [0.05, 0.1) is 5.69 Å². The number of aryl methyl sites for hydroxylation is 1. The summed E-state index contributed by atoms with van der Waals surface area (Å²) in [6.07, 6.45) is 0. The smallest absolute Gasteiger partial charge is 0.145 e. The maximum absolute atomic E-state index is 10.3. The van der Waals surface area contributed by atoms with Crippen LogP contribution in [0.4, 0.5) is 5.82 Å². The number of aromatic hydroxyl groups is 1. The summed E-state index contributed by atoms with van der Waals surface area (Å²) in [5.41, 5.74) is 9.04. The quantitative estimate of drug-likeness (QED) is 0.770. The third-order valence-electron chi connectivity index (χ3n) is 2.71.